The van der Waals surface area contributed by atoms with E-state index in [2.05, 4.69) is 46.7 Å². The molecule has 14 heteroatoms. The van der Waals surface area contributed by atoms with E-state index in [1.54, 1.807) is 39.0 Å². The van der Waals surface area contributed by atoms with Crippen LogP contribution in [0.4, 0.5) is 0 Å². The Labute approximate surface area is 469 Å². The number of benzene rings is 1. The number of carbonyl (C=O) groups excluding carboxylic acids is 6. The molecular formula is C65H90O14. The van der Waals surface area contributed by atoms with Crippen LogP contribution < -0.4 is 0 Å². The minimum Gasteiger partial charge on any atom is -0.508 e. The zero-order valence-electron chi connectivity index (χ0n) is 48.1. The van der Waals surface area contributed by atoms with Crippen LogP contribution in [0.5, 0.6) is 5.75 Å². The van der Waals surface area contributed by atoms with E-state index in [1.165, 1.54) is 58.3 Å². The zero-order valence-corrected chi connectivity index (χ0v) is 48.1. The Kier molecular flexibility index (Phi) is 19.8. The standard InChI is InChI=1S/C16H20O6.C16H24O2.C14H20O3.C11H18O2.C8H8O/c1-8(2)15(18)20-7-13(17)22-14-10-3-9-4-11(6-10)16(19)21-12(14)5-9;1-4-16(18-15(17)10(2)3)13-6-11-5-12(8-13)9-14(16)7-11;1-9(2)12(15)17-14-6-10-3-11(7-14)5-13(16,4-10)8-14;1-4-11(7-5-6-8-11)13-10(12)9(2)3;1-2-7-3-5-8(9)6-4-7/h9-12,14H,1,3-7H2,2H3;11-14H,2,4-9H2,1,3H3;10-11,16H,1,3-8H2,2H3;2,4-8H2,1,3H3;2-6,9H,1H2. The number of ether oxygens (including phenoxy) is 6. The number of aliphatic hydroxyl groups is 1. The summed E-state index contributed by atoms with van der Waals surface area (Å²) in [7, 11) is 0. The van der Waals surface area contributed by atoms with Crippen LogP contribution in [0.25, 0.3) is 6.08 Å². The Morgan fingerprint density at radius 1 is 0.646 bits per heavy atom. The molecule has 2 N–H and O–H groups in total. The molecule has 13 aliphatic rings. The van der Waals surface area contributed by atoms with Gasteiger partial charge in [-0.3, -0.25) is 4.79 Å². The molecule has 2 aliphatic heterocycles. The summed E-state index contributed by atoms with van der Waals surface area (Å²) in [4.78, 5) is 70.2. The number of rotatable bonds is 13. The van der Waals surface area contributed by atoms with Crippen molar-refractivity contribution in [2.45, 2.75) is 211 Å². The summed E-state index contributed by atoms with van der Waals surface area (Å²) in [5, 5.41) is 19.3. The van der Waals surface area contributed by atoms with Crippen LogP contribution in [0.3, 0.4) is 0 Å². The van der Waals surface area contributed by atoms with Crippen molar-refractivity contribution in [2.24, 2.45) is 53.3 Å². The van der Waals surface area contributed by atoms with Gasteiger partial charge in [-0.2, -0.15) is 0 Å². The SMILES string of the molecule is C=C(C)C(=O)OC1(CC)C2CC3CC(C2)CC1C3.C=C(C)C(=O)OC1(CC)CCCC1.C=C(C)C(=O)OC12CC3CC(CC(O)(C3)C1)C2.C=C(C)C(=O)OCC(=O)OC1C2CC3CC(C2)C(=O)OC1C3.C=Cc1ccc(O)cc1. The molecule has 2 heterocycles. The largest absolute Gasteiger partial charge is 0.508 e. The number of carbonyl (C=O) groups is 6. The molecule has 13 fully saturated rings. The van der Waals surface area contributed by atoms with Gasteiger partial charge in [0.15, 0.2) is 6.61 Å². The normalized spacial score (nSPS) is 34.5. The van der Waals surface area contributed by atoms with Gasteiger partial charge in [0.2, 0.25) is 0 Å². The molecule has 0 spiro atoms. The first kappa shape index (κ1) is 61.1. The predicted molar refractivity (Wildman–Crippen MR) is 299 cm³/mol. The van der Waals surface area contributed by atoms with E-state index in [-0.39, 0.29) is 58.6 Å². The molecule has 11 aliphatic carbocycles. The van der Waals surface area contributed by atoms with Crippen LogP contribution >= 0.6 is 0 Å². The smallest absolute Gasteiger partial charge is 0.344 e. The van der Waals surface area contributed by atoms with Gasteiger partial charge in [0.1, 0.15) is 34.8 Å². The predicted octanol–water partition coefficient (Wildman–Crippen LogP) is 12.1. The van der Waals surface area contributed by atoms with Gasteiger partial charge in [0, 0.05) is 34.6 Å². The average Bonchev–Trinajstić information content (AvgIpc) is 4.01. The van der Waals surface area contributed by atoms with Crippen molar-refractivity contribution in [3.63, 3.8) is 0 Å². The van der Waals surface area contributed by atoms with Gasteiger partial charge in [0.05, 0.1) is 11.5 Å². The Balaban J connectivity index is 0.000000147. The van der Waals surface area contributed by atoms with E-state index in [4.69, 9.17) is 33.5 Å². The highest BCUT2D eigenvalue weighted by atomic mass is 16.6. The van der Waals surface area contributed by atoms with Crippen molar-refractivity contribution in [3.8, 4) is 5.75 Å². The molecule has 7 unspecified atom stereocenters. The van der Waals surface area contributed by atoms with Gasteiger partial charge < -0.3 is 38.6 Å². The number of aromatic hydroxyl groups is 1. The lowest BCUT2D eigenvalue weighted by Crippen LogP contribution is -2.60. The molecule has 0 radical (unpaired) electrons. The van der Waals surface area contributed by atoms with Crippen molar-refractivity contribution in [1.29, 1.82) is 0 Å². The van der Waals surface area contributed by atoms with E-state index in [1.807, 2.05) is 12.1 Å². The highest BCUT2D eigenvalue weighted by Gasteiger charge is 2.60. The minimum absolute atomic E-state index is 0.0568. The third kappa shape index (κ3) is 14.9. The molecule has 434 valence electrons. The molecule has 11 saturated carbocycles. The van der Waals surface area contributed by atoms with Gasteiger partial charge in [-0.15, -0.1) is 0 Å². The van der Waals surface area contributed by atoms with E-state index in [0.29, 0.717) is 58.5 Å². The summed E-state index contributed by atoms with van der Waals surface area (Å²) in [5.41, 5.74) is 1.44. The molecular weight excluding hydrogens is 1000 g/mol. The van der Waals surface area contributed by atoms with Gasteiger partial charge in [-0.1, -0.05) is 65.0 Å². The fourth-order valence-corrected chi connectivity index (χ4v) is 15.9. The summed E-state index contributed by atoms with van der Waals surface area (Å²) in [5.74, 6) is 2.92. The van der Waals surface area contributed by atoms with Gasteiger partial charge >= 0.3 is 35.8 Å². The molecule has 2 saturated heterocycles. The molecule has 14 rings (SSSR count). The lowest BCUT2D eigenvalue weighted by Gasteiger charge is -2.60. The third-order valence-corrected chi connectivity index (χ3v) is 19.1. The van der Waals surface area contributed by atoms with Crippen molar-refractivity contribution in [2.75, 3.05) is 6.61 Å². The average molecular weight is 1100 g/mol. The second-order valence-corrected chi connectivity index (χ2v) is 25.6. The number of hydrogen-bond donors (Lipinski definition) is 2. The van der Waals surface area contributed by atoms with E-state index in [9.17, 15) is 33.9 Å². The maximum Gasteiger partial charge on any atom is 0.344 e. The van der Waals surface area contributed by atoms with Crippen molar-refractivity contribution >= 4 is 41.9 Å². The molecule has 12 bridgehead atoms. The van der Waals surface area contributed by atoms with Crippen LogP contribution in [0.1, 0.15) is 182 Å². The quantitative estimate of drug-likeness (QED) is 0.107. The van der Waals surface area contributed by atoms with Crippen LogP contribution in [-0.2, 0) is 57.2 Å². The summed E-state index contributed by atoms with van der Waals surface area (Å²) >= 11 is 0. The minimum atomic E-state index is -0.620. The van der Waals surface area contributed by atoms with Gasteiger partial charge in [-0.25, -0.2) is 24.0 Å². The van der Waals surface area contributed by atoms with Crippen LogP contribution in [0, 0.1) is 53.3 Å². The Morgan fingerprint density at radius 3 is 1.67 bits per heavy atom. The summed E-state index contributed by atoms with van der Waals surface area (Å²) in [6.07, 6.45) is 22.6. The fraction of sp³-hybridized carbons (Fsp3) is 0.662. The lowest BCUT2D eigenvalue weighted by atomic mass is 9.49. The fourth-order valence-electron chi connectivity index (χ4n) is 15.9. The maximum atomic E-state index is 12.0. The molecule has 1 aromatic rings. The second-order valence-electron chi connectivity index (χ2n) is 25.6. The van der Waals surface area contributed by atoms with Crippen LogP contribution in [-0.4, -0.2) is 87.2 Å². The first-order chi connectivity index (χ1) is 37.3. The molecule has 79 heavy (non-hydrogen) atoms. The molecule has 14 nitrogen and oxygen atoms in total. The topological polar surface area (TPSA) is 198 Å². The first-order valence-electron chi connectivity index (χ1n) is 29.3. The Morgan fingerprint density at radius 2 is 1.16 bits per heavy atom. The third-order valence-electron chi connectivity index (χ3n) is 19.1. The number of fused-ring (bicyclic) bond motifs is 1. The number of esters is 6. The zero-order chi connectivity index (χ0) is 57.6. The van der Waals surface area contributed by atoms with E-state index >= 15 is 0 Å². The second kappa shape index (κ2) is 25.5. The van der Waals surface area contributed by atoms with Crippen molar-refractivity contribution in [3.05, 3.63) is 85.0 Å². The van der Waals surface area contributed by atoms with Crippen molar-refractivity contribution < 1.29 is 67.4 Å². The summed E-state index contributed by atoms with van der Waals surface area (Å²) < 4.78 is 32.9. The van der Waals surface area contributed by atoms with Crippen LogP contribution in [0.2, 0.25) is 0 Å². The van der Waals surface area contributed by atoms with Gasteiger partial charge in [-0.05, 0) is 215 Å². The number of phenolic OH excluding ortho intramolecular Hbond substituents is 1. The highest BCUT2D eigenvalue weighted by Crippen LogP contribution is 2.61. The van der Waals surface area contributed by atoms with Crippen LogP contribution in [0.15, 0.2) is 79.5 Å². The van der Waals surface area contributed by atoms with Gasteiger partial charge in [0.25, 0.3) is 0 Å². The Hall–Kier alpha value is -5.50. The summed E-state index contributed by atoms with van der Waals surface area (Å²) in [6, 6.07) is 6.89. The van der Waals surface area contributed by atoms with Crippen molar-refractivity contribution in [1.82, 2.24) is 0 Å². The first-order valence-corrected chi connectivity index (χ1v) is 29.3. The maximum absolute atomic E-state index is 12.0. The molecule has 0 amide bonds. The van der Waals surface area contributed by atoms with E-state index < -0.39 is 35.9 Å². The molecule has 1 aromatic carbocycles. The number of hydrogen-bond acceptors (Lipinski definition) is 14. The summed E-state index contributed by atoms with van der Waals surface area (Å²) in [6.45, 7) is 28.4. The lowest BCUT2D eigenvalue weighted by molar-refractivity contribution is -0.217. The monoisotopic (exact) mass is 1090 g/mol. The van der Waals surface area contributed by atoms with E-state index in [0.717, 1.165) is 94.4 Å². The Bertz CT molecular complexity index is 2430. The molecule has 7 atom stereocenters. The molecule has 0 aromatic heterocycles. The highest BCUT2D eigenvalue weighted by molar-refractivity contribution is 5.89. The number of phenols is 1.